The Morgan fingerprint density at radius 1 is 1.24 bits per heavy atom. The van der Waals surface area contributed by atoms with Gasteiger partial charge in [-0.05, 0) is 37.1 Å². The van der Waals surface area contributed by atoms with Gasteiger partial charge in [0.25, 0.3) is 5.91 Å². The predicted octanol–water partition coefficient (Wildman–Crippen LogP) is 1.41. The fraction of sp³-hybridized carbons (Fsp3) is 0.467. The van der Waals surface area contributed by atoms with Crippen LogP contribution in [0.5, 0.6) is 0 Å². The van der Waals surface area contributed by atoms with E-state index in [1.807, 2.05) is 12.1 Å². The van der Waals surface area contributed by atoms with Gasteiger partial charge in [0.15, 0.2) is 0 Å². The van der Waals surface area contributed by atoms with Crippen LogP contribution in [-0.2, 0) is 4.79 Å². The maximum absolute atomic E-state index is 12.3. The molecular weight excluding hydrogens is 336 g/mol. The van der Waals surface area contributed by atoms with Crippen molar-refractivity contribution in [2.45, 2.75) is 12.8 Å². The summed E-state index contributed by atoms with van der Waals surface area (Å²) in [5.41, 5.74) is 0.668. The van der Waals surface area contributed by atoms with E-state index in [9.17, 15) is 9.59 Å². The molecule has 1 aliphatic heterocycles. The normalized spacial score (nSPS) is 15.8. The zero-order valence-electron chi connectivity index (χ0n) is 11.7. The molecule has 1 aromatic carbocycles. The number of piperidine rings is 1. The van der Waals surface area contributed by atoms with Crippen LogP contribution in [0.4, 0.5) is 0 Å². The number of carbonyl (C=O) groups is 2. The molecule has 0 atom stereocenters. The lowest BCUT2D eigenvalue weighted by Gasteiger charge is -2.31. The lowest BCUT2D eigenvalue weighted by Crippen LogP contribution is -2.43. The van der Waals surface area contributed by atoms with Crippen molar-refractivity contribution in [3.05, 3.63) is 34.3 Å². The van der Waals surface area contributed by atoms with Gasteiger partial charge in [-0.25, -0.2) is 0 Å². The van der Waals surface area contributed by atoms with Crippen LogP contribution in [0.1, 0.15) is 23.2 Å². The molecule has 21 heavy (non-hydrogen) atoms. The molecule has 1 saturated heterocycles. The maximum Gasteiger partial charge on any atom is 0.253 e. The third-order valence-corrected chi connectivity index (χ3v) is 4.18. The average Bonchev–Trinajstić information content (AvgIpc) is 2.53. The molecule has 2 N–H and O–H groups in total. The molecule has 0 spiro atoms. The number of benzene rings is 1. The molecule has 5 nitrogen and oxygen atoms in total. The van der Waals surface area contributed by atoms with Crippen LogP contribution in [0.2, 0.25) is 0 Å². The van der Waals surface area contributed by atoms with E-state index in [0.717, 1.165) is 4.47 Å². The SMILES string of the molecule is O=C(NCCO)C1CCN(C(=O)c2ccc(Br)cc2)CC1. The summed E-state index contributed by atoms with van der Waals surface area (Å²) in [5.74, 6) is -0.0815. The lowest BCUT2D eigenvalue weighted by atomic mass is 9.95. The highest BCUT2D eigenvalue weighted by Gasteiger charge is 2.27. The Kier molecular flexibility index (Phi) is 5.76. The van der Waals surface area contributed by atoms with Crippen LogP contribution in [0.3, 0.4) is 0 Å². The van der Waals surface area contributed by atoms with Gasteiger partial charge in [-0.2, -0.15) is 0 Å². The number of likely N-dealkylation sites (tertiary alicyclic amines) is 1. The number of nitrogens with one attached hydrogen (secondary N) is 1. The predicted molar refractivity (Wildman–Crippen MR) is 82.9 cm³/mol. The minimum Gasteiger partial charge on any atom is -0.395 e. The number of nitrogens with zero attached hydrogens (tertiary/aromatic N) is 1. The van der Waals surface area contributed by atoms with E-state index in [4.69, 9.17) is 5.11 Å². The van der Waals surface area contributed by atoms with Crippen molar-refractivity contribution < 1.29 is 14.7 Å². The summed E-state index contributed by atoms with van der Waals surface area (Å²) < 4.78 is 0.943. The number of halogens is 1. The van der Waals surface area contributed by atoms with E-state index in [-0.39, 0.29) is 30.9 Å². The second-order valence-corrected chi connectivity index (χ2v) is 6.00. The number of rotatable bonds is 4. The summed E-state index contributed by atoms with van der Waals surface area (Å²) in [6.45, 7) is 1.42. The van der Waals surface area contributed by atoms with Gasteiger partial charge in [0.05, 0.1) is 6.61 Å². The number of aliphatic hydroxyl groups is 1. The minimum absolute atomic E-state index is 0.0108. The van der Waals surface area contributed by atoms with Crippen molar-refractivity contribution in [2.24, 2.45) is 5.92 Å². The standard InChI is InChI=1S/C15H19BrN2O3/c16-13-3-1-12(2-4-13)15(21)18-8-5-11(6-9-18)14(20)17-7-10-19/h1-4,11,19H,5-10H2,(H,17,20). The topological polar surface area (TPSA) is 69.6 Å². The Bertz CT molecular complexity index is 496. The van der Waals surface area contributed by atoms with Crippen LogP contribution in [0.25, 0.3) is 0 Å². The highest BCUT2D eigenvalue weighted by atomic mass is 79.9. The molecule has 2 rings (SSSR count). The van der Waals surface area contributed by atoms with E-state index in [1.165, 1.54) is 0 Å². The van der Waals surface area contributed by atoms with Crippen molar-refractivity contribution in [1.82, 2.24) is 10.2 Å². The Hall–Kier alpha value is -1.40. The second kappa shape index (κ2) is 7.56. The van der Waals surface area contributed by atoms with Gasteiger partial charge >= 0.3 is 0 Å². The van der Waals surface area contributed by atoms with E-state index in [2.05, 4.69) is 21.2 Å². The first-order valence-electron chi connectivity index (χ1n) is 7.05. The number of aliphatic hydroxyl groups excluding tert-OH is 1. The van der Waals surface area contributed by atoms with Gasteiger partial charge < -0.3 is 15.3 Å². The number of carbonyl (C=O) groups excluding carboxylic acids is 2. The molecule has 6 heteroatoms. The molecule has 1 aliphatic rings. The Morgan fingerprint density at radius 2 is 1.86 bits per heavy atom. The molecule has 0 saturated carbocycles. The molecule has 1 fully saturated rings. The van der Waals surface area contributed by atoms with Gasteiger partial charge in [-0.3, -0.25) is 9.59 Å². The van der Waals surface area contributed by atoms with Crippen LogP contribution in [0.15, 0.2) is 28.7 Å². The van der Waals surface area contributed by atoms with Gasteiger partial charge in [0, 0.05) is 35.6 Å². The van der Waals surface area contributed by atoms with Crippen LogP contribution >= 0.6 is 15.9 Å². The first-order chi connectivity index (χ1) is 10.1. The van der Waals surface area contributed by atoms with Crippen molar-refractivity contribution in [3.63, 3.8) is 0 Å². The van der Waals surface area contributed by atoms with Gasteiger partial charge in [0.1, 0.15) is 0 Å². The third kappa shape index (κ3) is 4.28. The highest BCUT2D eigenvalue weighted by molar-refractivity contribution is 9.10. The lowest BCUT2D eigenvalue weighted by molar-refractivity contribution is -0.126. The smallest absolute Gasteiger partial charge is 0.253 e. The molecule has 1 aromatic rings. The van der Waals surface area contributed by atoms with Crippen LogP contribution in [0, 0.1) is 5.92 Å². The molecule has 0 aromatic heterocycles. The molecule has 0 aliphatic carbocycles. The Balaban J connectivity index is 1.87. The van der Waals surface area contributed by atoms with E-state index >= 15 is 0 Å². The van der Waals surface area contributed by atoms with Gasteiger partial charge in [0.2, 0.25) is 5.91 Å². The molecule has 114 valence electrons. The first kappa shape index (κ1) is 16.0. The quantitative estimate of drug-likeness (QED) is 0.858. The summed E-state index contributed by atoms with van der Waals surface area (Å²) in [4.78, 5) is 25.9. The van der Waals surface area contributed by atoms with Crippen molar-refractivity contribution in [3.8, 4) is 0 Å². The monoisotopic (exact) mass is 354 g/mol. The fourth-order valence-corrected chi connectivity index (χ4v) is 2.71. The van der Waals surface area contributed by atoms with Crippen molar-refractivity contribution in [2.75, 3.05) is 26.2 Å². The third-order valence-electron chi connectivity index (χ3n) is 3.66. The first-order valence-corrected chi connectivity index (χ1v) is 7.84. The zero-order valence-corrected chi connectivity index (χ0v) is 13.3. The molecule has 2 amide bonds. The summed E-state index contributed by atoms with van der Waals surface area (Å²) in [5, 5.41) is 11.4. The molecule has 0 radical (unpaired) electrons. The summed E-state index contributed by atoms with van der Waals surface area (Å²) in [7, 11) is 0. The highest BCUT2D eigenvalue weighted by Crippen LogP contribution is 2.20. The Labute approximate surface area is 132 Å². The van der Waals surface area contributed by atoms with Crippen molar-refractivity contribution in [1.29, 1.82) is 0 Å². The fourth-order valence-electron chi connectivity index (χ4n) is 2.44. The van der Waals surface area contributed by atoms with E-state index in [0.29, 0.717) is 31.5 Å². The van der Waals surface area contributed by atoms with Crippen LogP contribution in [-0.4, -0.2) is 48.1 Å². The number of amides is 2. The molecular formula is C15H19BrN2O3. The van der Waals surface area contributed by atoms with Gasteiger partial charge in [-0.1, -0.05) is 15.9 Å². The Morgan fingerprint density at radius 3 is 2.43 bits per heavy atom. The summed E-state index contributed by atoms with van der Waals surface area (Å²) >= 11 is 3.35. The van der Waals surface area contributed by atoms with E-state index < -0.39 is 0 Å². The summed E-state index contributed by atoms with van der Waals surface area (Å²) in [6.07, 6.45) is 1.33. The molecule has 0 bridgehead atoms. The largest absolute Gasteiger partial charge is 0.395 e. The minimum atomic E-state index is -0.0643. The maximum atomic E-state index is 12.3. The van der Waals surface area contributed by atoms with Gasteiger partial charge in [-0.15, -0.1) is 0 Å². The summed E-state index contributed by atoms with van der Waals surface area (Å²) in [6, 6.07) is 7.30. The zero-order chi connectivity index (χ0) is 15.2. The number of hydrogen-bond donors (Lipinski definition) is 2. The molecule has 1 heterocycles. The van der Waals surface area contributed by atoms with E-state index in [1.54, 1.807) is 17.0 Å². The van der Waals surface area contributed by atoms with Crippen LogP contribution < -0.4 is 5.32 Å². The molecule has 0 unspecified atom stereocenters. The number of hydrogen-bond acceptors (Lipinski definition) is 3. The average molecular weight is 355 g/mol. The van der Waals surface area contributed by atoms with Crippen molar-refractivity contribution >= 4 is 27.7 Å². The second-order valence-electron chi connectivity index (χ2n) is 5.09.